The van der Waals surface area contributed by atoms with Crippen LogP contribution in [0.5, 0.6) is 5.75 Å². The van der Waals surface area contributed by atoms with E-state index in [9.17, 15) is 4.79 Å². The minimum Gasteiger partial charge on any atom is -0.495 e. The van der Waals surface area contributed by atoms with Gasteiger partial charge in [-0.15, -0.1) is 11.3 Å². The van der Waals surface area contributed by atoms with Crippen molar-refractivity contribution in [2.24, 2.45) is 0 Å². The predicted molar refractivity (Wildman–Crippen MR) is 101 cm³/mol. The third kappa shape index (κ3) is 4.42. The van der Waals surface area contributed by atoms with E-state index in [1.54, 1.807) is 7.11 Å². The Kier molecular flexibility index (Phi) is 5.99. The summed E-state index contributed by atoms with van der Waals surface area (Å²) in [5.41, 5.74) is 1.68. The Bertz CT molecular complexity index is 717. The number of thioether (sulfide) groups is 1. The lowest BCUT2D eigenvalue weighted by atomic mass is 10.2. The van der Waals surface area contributed by atoms with Crippen LogP contribution in [0.4, 0.5) is 5.13 Å². The number of aromatic nitrogens is 1. The van der Waals surface area contributed by atoms with Crippen LogP contribution in [0.15, 0.2) is 23.6 Å². The zero-order chi connectivity index (χ0) is 16.9. The maximum Gasteiger partial charge on any atom is 0.227 e. The highest BCUT2D eigenvalue weighted by Crippen LogP contribution is 2.31. The Labute approximate surface area is 154 Å². The van der Waals surface area contributed by atoms with Crippen molar-refractivity contribution in [1.29, 1.82) is 0 Å². The Balaban J connectivity index is 1.62. The van der Waals surface area contributed by atoms with Gasteiger partial charge >= 0.3 is 0 Å². The summed E-state index contributed by atoms with van der Waals surface area (Å²) in [7, 11) is 1.58. The maximum absolute atomic E-state index is 12.1. The number of carbonyl (C=O) groups excluding carboxylic acids is 1. The molecule has 0 saturated carbocycles. The number of carbonyl (C=O) groups is 1. The molecule has 1 unspecified atom stereocenters. The molecule has 1 saturated heterocycles. The van der Waals surface area contributed by atoms with Gasteiger partial charge < -0.3 is 15.4 Å². The van der Waals surface area contributed by atoms with Gasteiger partial charge in [0.2, 0.25) is 5.91 Å². The number of methoxy groups -OCH3 is 1. The standard InChI is InChI=1S/C16H18ClN3O2S2/c1-22-14-3-2-10(6-12(14)17)13-9-24-16(19-13)20-15(21)7-11-8-23-5-4-18-11/h2-3,6,9,11,18H,4-5,7-8H2,1H3,(H,19,20,21). The van der Waals surface area contributed by atoms with Crippen molar-refractivity contribution >= 4 is 45.7 Å². The van der Waals surface area contributed by atoms with Crippen LogP contribution < -0.4 is 15.4 Å². The number of thiazole rings is 1. The summed E-state index contributed by atoms with van der Waals surface area (Å²) >= 11 is 9.44. The van der Waals surface area contributed by atoms with E-state index in [-0.39, 0.29) is 11.9 Å². The molecule has 0 radical (unpaired) electrons. The van der Waals surface area contributed by atoms with Crippen LogP contribution in [-0.2, 0) is 4.79 Å². The molecule has 8 heteroatoms. The summed E-state index contributed by atoms with van der Waals surface area (Å²) in [6.45, 7) is 0.961. The fraction of sp³-hybridized carbons (Fsp3) is 0.375. The lowest BCUT2D eigenvalue weighted by Gasteiger charge is -2.22. The number of hydrogen-bond donors (Lipinski definition) is 2. The lowest BCUT2D eigenvalue weighted by molar-refractivity contribution is -0.116. The van der Waals surface area contributed by atoms with Gasteiger partial charge in [0.25, 0.3) is 0 Å². The second-order valence-electron chi connectivity index (χ2n) is 5.37. The first-order chi connectivity index (χ1) is 11.7. The SMILES string of the molecule is COc1ccc(-c2csc(NC(=O)CC3CSCCN3)n2)cc1Cl. The third-order valence-electron chi connectivity index (χ3n) is 3.63. The van der Waals surface area contributed by atoms with E-state index < -0.39 is 0 Å². The molecule has 2 aromatic rings. The second-order valence-corrected chi connectivity index (χ2v) is 7.78. The lowest BCUT2D eigenvalue weighted by Crippen LogP contribution is -2.39. The Morgan fingerprint density at radius 3 is 3.12 bits per heavy atom. The van der Waals surface area contributed by atoms with Crippen LogP contribution >= 0.6 is 34.7 Å². The zero-order valence-corrected chi connectivity index (χ0v) is 15.6. The van der Waals surface area contributed by atoms with Crippen molar-refractivity contribution in [2.75, 3.05) is 30.5 Å². The number of halogens is 1. The van der Waals surface area contributed by atoms with Crippen molar-refractivity contribution in [3.05, 3.63) is 28.6 Å². The topological polar surface area (TPSA) is 63.2 Å². The van der Waals surface area contributed by atoms with Gasteiger partial charge in [-0.05, 0) is 18.2 Å². The molecule has 1 aliphatic heterocycles. The van der Waals surface area contributed by atoms with Gasteiger partial charge in [-0.1, -0.05) is 11.6 Å². The van der Waals surface area contributed by atoms with Gasteiger partial charge in [-0.2, -0.15) is 11.8 Å². The summed E-state index contributed by atoms with van der Waals surface area (Å²) in [4.78, 5) is 16.6. The molecule has 2 heterocycles. The number of hydrogen-bond acceptors (Lipinski definition) is 6. The normalized spacial score (nSPS) is 17.5. The van der Waals surface area contributed by atoms with Gasteiger partial charge in [-0.3, -0.25) is 4.79 Å². The van der Waals surface area contributed by atoms with Crippen LogP contribution in [-0.4, -0.2) is 42.1 Å². The van der Waals surface area contributed by atoms with E-state index >= 15 is 0 Å². The van der Waals surface area contributed by atoms with E-state index in [0.29, 0.717) is 22.3 Å². The highest BCUT2D eigenvalue weighted by molar-refractivity contribution is 7.99. The molecule has 1 aliphatic rings. The van der Waals surface area contributed by atoms with Crippen LogP contribution in [0.2, 0.25) is 5.02 Å². The minimum absolute atomic E-state index is 0.0105. The number of amides is 1. The van der Waals surface area contributed by atoms with E-state index in [1.165, 1.54) is 11.3 Å². The summed E-state index contributed by atoms with van der Waals surface area (Å²) in [5.74, 6) is 2.70. The van der Waals surface area contributed by atoms with Crippen LogP contribution in [0.1, 0.15) is 6.42 Å². The molecule has 0 spiro atoms. The van der Waals surface area contributed by atoms with Crippen LogP contribution in [0.25, 0.3) is 11.3 Å². The first-order valence-electron chi connectivity index (χ1n) is 7.56. The molecule has 1 amide bonds. The molecule has 1 aromatic heterocycles. The largest absolute Gasteiger partial charge is 0.495 e. The number of benzene rings is 1. The first kappa shape index (κ1) is 17.5. The molecule has 24 heavy (non-hydrogen) atoms. The van der Waals surface area contributed by atoms with Gasteiger partial charge in [0.05, 0.1) is 17.8 Å². The molecule has 0 bridgehead atoms. The van der Waals surface area contributed by atoms with E-state index in [0.717, 1.165) is 29.3 Å². The monoisotopic (exact) mass is 383 g/mol. The average molecular weight is 384 g/mol. The molecular weight excluding hydrogens is 366 g/mol. The van der Waals surface area contributed by atoms with Gasteiger partial charge in [0, 0.05) is 41.5 Å². The van der Waals surface area contributed by atoms with E-state index in [4.69, 9.17) is 16.3 Å². The van der Waals surface area contributed by atoms with Crippen molar-refractivity contribution in [2.45, 2.75) is 12.5 Å². The van der Waals surface area contributed by atoms with E-state index in [2.05, 4.69) is 15.6 Å². The number of nitrogens with one attached hydrogen (secondary N) is 2. The number of ether oxygens (including phenoxy) is 1. The van der Waals surface area contributed by atoms with E-state index in [1.807, 2.05) is 35.3 Å². The molecule has 1 aromatic carbocycles. The maximum atomic E-state index is 12.1. The summed E-state index contributed by atoms with van der Waals surface area (Å²) < 4.78 is 5.15. The molecule has 1 fully saturated rings. The molecule has 2 N–H and O–H groups in total. The highest BCUT2D eigenvalue weighted by atomic mass is 35.5. The third-order valence-corrected chi connectivity index (χ3v) is 5.81. The van der Waals surface area contributed by atoms with Crippen molar-refractivity contribution in [1.82, 2.24) is 10.3 Å². The average Bonchev–Trinajstić information content (AvgIpc) is 3.04. The molecule has 1 atom stereocenters. The fourth-order valence-electron chi connectivity index (χ4n) is 2.43. The van der Waals surface area contributed by atoms with Crippen LogP contribution in [0, 0.1) is 0 Å². The first-order valence-corrected chi connectivity index (χ1v) is 9.97. The summed E-state index contributed by atoms with van der Waals surface area (Å²) in [5, 5.41) is 9.28. The second kappa shape index (κ2) is 8.20. The van der Waals surface area contributed by atoms with Crippen LogP contribution in [0.3, 0.4) is 0 Å². The molecular formula is C16H18ClN3O2S2. The Morgan fingerprint density at radius 2 is 2.42 bits per heavy atom. The Hall–Kier alpha value is -1.28. The predicted octanol–water partition coefficient (Wildman–Crippen LogP) is 3.51. The van der Waals surface area contributed by atoms with Gasteiger partial charge in [0.15, 0.2) is 5.13 Å². The number of rotatable bonds is 5. The molecule has 5 nitrogen and oxygen atoms in total. The zero-order valence-electron chi connectivity index (χ0n) is 13.2. The number of nitrogens with zero attached hydrogens (tertiary/aromatic N) is 1. The number of anilines is 1. The fourth-order valence-corrected chi connectivity index (χ4v) is 4.38. The summed E-state index contributed by atoms with van der Waals surface area (Å²) in [6.07, 6.45) is 0.469. The molecule has 0 aliphatic carbocycles. The molecule has 3 rings (SSSR count). The summed E-state index contributed by atoms with van der Waals surface area (Å²) in [6, 6.07) is 5.75. The van der Waals surface area contributed by atoms with Crippen molar-refractivity contribution in [3.8, 4) is 17.0 Å². The molecule has 128 valence electrons. The quantitative estimate of drug-likeness (QED) is 0.827. The minimum atomic E-state index is -0.0105. The van der Waals surface area contributed by atoms with Crippen molar-refractivity contribution in [3.63, 3.8) is 0 Å². The Morgan fingerprint density at radius 1 is 1.54 bits per heavy atom. The van der Waals surface area contributed by atoms with Crippen molar-refractivity contribution < 1.29 is 9.53 Å². The smallest absolute Gasteiger partial charge is 0.227 e. The van der Waals surface area contributed by atoms with Gasteiger partial charge in [0.1, 0.15) is 5.75 Å². The van der Waals surface area contributed by atoms with Gasteiger partial charge in [-0.25, -0.2) is 4.98 Å². The highest BCUT2D eigenvalue weighted by Gasteiger charge is 2.17.